The van der Waals surface area contributed by atoms with Crippen LogP contribution in [0, 0.1) is 22.7 Å². The number of nitrogens with zero attached hydrogens (tertiary/aromatic N) is 2. The van der Waals surface area contributed by atoms with Crippen molar-refractivity contribution in [2.75, 3.05) is 13.2 Å². The van der Waals surface area contributed by atoms with Crippen molar-refractivity contribution in [3.63, 3.8) is 0 Å². The largest absolute Gasteiger partial charge is 0.490 e. The lowest BCUT2D eigenvalue weighted by molar-refractivity contribution is 0.293. The van der Waals surface area contributed by atoms with Gasteiger partial charge >= 0.3 is 0 Å². The summed E-state index contributed by atoms with van der Waals surface area (Å²) in [6.07, 6.45) is 1.51. The minimum atomic E-state index is 0.0445. The van der Waals surface area contributed by atoms with Crippen LogP contribution in [0.25, 0.3) is 6.08 Å². The van der Waals surface area contributed by atoms with E-state index in [1.807, 2.05) is 26.0 Å². The molecule has 20 heavy (non-hydrogen) atoms. The number of ether oxygens (including phenoxy) is 2. The average molecular weight is 268 g/mol. The molecule has 1 rings (SSSR count). The van der Waals surface area contributed by atoms with Crippen LogP contribution in [0.1, 0.15) is 19.4 Å². The molecule has 1 aromatic carbocycles. The van der Waals surface area contributed by atoms with Gasteiger partial charge in [-0.15, -0.1) is 0 Å². The zero-order valence-electron chi connectivity index (χ0n) is 11.6. The summed E-state index contributed by atoms with van der Waals surface area (Å²) in [7, 11) is 0. The van der Waals surface area contributed by atoms with Crippen molar-refractivity contribution >= 4 is 6.08 Å². The Balaban J connectivity index is 3.07. The Morgan fingerprint density at radius 3 is 2.50 bits per heavy atom. The van der Waals surface area contributed by atoms with Gasteiger partial charge in [0.05, 0.1) is 6.61 Å². The summed E-state index contributed by atoms with van der Waals surface area (Å²) < 4.78 is 11.1. The summed E-state index contributed by atoms with van der Waals surface area (Å²) in [5.74, 6) is 1.19. The first-order valence-corrected chi connectivity index (χ1v) is 6.16. The third-order valence-corrected chi connectivity index (χ3v) is 2.29. The Labute approximate surface area is 119 Å². The second-order valence-corrected chi connectivity index (χ2v) is 4.17. The van der Waals surface area contributed by atoms with Crippen LogP contribution in [0.5, 0.6) is 11.5 Å². The van der Waals surface area contributed by atoms with Crippen LogP contribution in [0.3, 0.4) is 0 Å². The van der Waals surface area contributed by atoms with Gasteiger partial charge in [0.15, 0.2) is 11.5 Å². The topological polar surface area (TPSA) is 66.0 Å². The molecule has 0 radical (unpaired) electrons. The quantitative estimate of drug-likeness (QED) is 0.585. The average Bonchev–Trinajstić information content (AvgIpc) is 2.44. The molecular formula is C16H16N2O2. The molecule has 102 valence electrons. The first-order valence-electron chi connectivity index (χ1n) is 6.16. The summed E-state index contributed by atoms with van der Waals surface area (Å²) in [4.78, 5) is 0. The zero-order chi connectivity index (χ0) is 15.0. The fourth-order valence-electron chi connectivity index (χ4n) is 1.46. The molecule has 0 amide bonds. The second kappa shape index (κ2) is 7.66. The van der Waals surface area contributed by atoms with Crippen LogP contribution in [0.15, 0.2) is 35.9 Å². The molecule has 0 aromatic heterocycles. The molecule has 0 saturated carbocycles. The van der Waals surface area contributed by atoms with E-state index < -0.39 is 0 Å². The fourth-order valence-corrected chi connectivity index (χ4v) is 1.46. The summed E-state index contributed by atoms with van der Waals surface area (Å²) in [5.41, 5.74) is 1.67. The molecule has 0 aliphatic heterocycles. The van der Waals surface area contributed by atoms with E-state index in [1.54, 1.807) is 18.2 Å². The van der Waals surface area contributed by atoms with Crippen molar-refractivity contribution in [1.29, 1.82) is 10.5 Å². The van der Waals surface area contributed by atoms with Gasteiger partial charge in [0.25, 0.3) is 0 Å². The van der Waals surface area contributed by atoms with Gasteiger partial charge in [0.1, 0.15) is 24.3 Å². The van der Waals surface area contributed by atoms with E-state index in [9.17, 15) is 0 Å². The van der Waals surface area contributed by atoms with Gasteiger partial charge in [-0.3, -0.25) is 0 Å². The monoisotopic (exact) mass is 268 g/mol. The maximum absolute atomic E-state index is 8.75. The number of rotatable bonds is 6. The molecular weight excluding hydrogens is 252 g/mol. The first kappa shape index (κ1) is 15.3. The molecule has 0 fully saturated rings. The SMILES string of the molecule is C=C(C)COc1ccc(C=C(C#N)C#N)cc1OCC. The van der Waals surface area contributed by atoms with Crippen molar-refractivity contribution in [3.8, 4) is 23.6 Å². The lowest BCUT2D eigenvalue weighted by Crippen LogP contribution is -2.01. The third kappa shape index (κ3) is 4.51. The van der Waals surface area contributed by atoms with Crippen LogP contribution in [-0.4, -0.2) is 13.2 Å². The van der Waals surface area contributed by atoms with E-state index in [2.05, 4.69) is 6.58 Å². The van der Waals surface area contributed by atoms with Gasteiger partial charge in [-0.25, -0.2) is 0 Å². The van der Waals surface area contributed by atoms with E-state index in [0.29, 0.717) is 30.3 Å². The lowest BCUT2D eigenvalue weighted by atomic mass is 10.1. The fraction of sp³-hybridized carbons (Fsp3) is 0.250. The number of hydrogen-bond donors (Lipinski definition) is 0. The van der Waals surface area contributed by atoms with Crippen molar-refractivity contribution in [2.24, 2.45) is 0 Å². The van der Waals surface area contributed by atoms with Gasteiger partial charge in [-0.05, 0) is 43.2 Å². The molecule has 0 spiro atoms. The highest BCUT2D eigenvalue weighted by molar-refractivity contribution is 5.64. The van der Waals surface area contributed by atoms with Crippen LogP contribution in [0.4, 0.5) is 0 Å². The van der Waals surface area contributed by atoms with Crippen molar-refractivity contribution < 1.29 is 9.47 Å². The number of allylic oxidation sites excluding steroid dienone is 1. The van der Waals surface area contributed by atoms with Crippen molar-refractivity contribution in [3.05, 3.63) is 41.5 Å². The van der Waals surface area contributed by atoms with Crippen molar-refractivity contribution in [2.45, 2.75) is 13.8 Å². The minimum Gasteiger partial charge on any atom is -0.490 e. The molecule has 0 bridgehead atoms. The van der Waals surface area contributed by atoms with Crippen LogP contribution >= 0.6 is 0 Å². The molecule has 4 nitrogen and oxygen atoms in total. The van der Waals surface area contributed by atoms with E-state index >= 15 is 0 Å². The van der Waals surface area contributed by atoms with Gasteiger partial charge in [0, 0.05) is 0 Å². The minimum absolute atomic E-state index is 0.0445. The van der Waals surface area contributed by atoms with Crippen LogP contribution in [0.2, 0.25) is 0 Å². The Hall–Kier alpha value is -2.72. The predicted molar refractivity (Wildman–Crippen MR) is 77.1 cm³/mol. The molecule has 0 unspecified atom stereocenters. The van der Waals surface area contributed by atoms with E-state index in [-0.39, 0.29) is 5.57 Å². The number of benzene rings is 1. The summed E-state index contributed by atoms with van der Waals surface area (Å²) in [5, 5.41) is 17.5. The number of hydrogen-bond acceptors (Lipinski definition) is 4. The van der Waals surface area contributed by atoms with E-state index in [0.717, 1.165) is 5.57 Å². The van der Waals surface area contributed by atoms with E-state index in [1.165, 1.54) is 6.08 Å². The summed E-state index contributed by atoms with van der Waals surface area (Å²) in [6, 6.07) is 8.91. The summed E-state index contributed by atoms with van der Waals surface area (Å²) in [6.45, 7) is 8.45. The molecule has 0 atom stereocenters. The Morgan fingerprint density at radius 1 is 1.25 bits per heavy atom. The molecule has 0 aliphatic carbocycles. The second-order valence-electron chi connectivity index (χ2n) is 4.17. The predicted octanol–water partition coefficient (Wildman–Crippen LogP) is 3.47. The Kier molecular flexibility index (Phi) is 5.87. The highest BCUT2D eigenvalue weighted by Gasteiger charge is 2.06. The molecule has 1 aromatic rings. The summed E-state index contributed by atoms with van der Waals surface area (Å²) >= 11 is 0. The highest BCUT2D eigenvalue weighted by atomic mass is 16.5. The molecule has 0 aliphatic rings. The van der Waals surface area contributed by atoms with Crippen LogP contribution < -0.4 is 9.47 Å². The van der Waals surface area contributed by atoms with Gasteiger partial charge < -0.3 is 9.47 Å². The Bertz CT molecular complexity index is 588. The van der Waals surface area contributed by atoms with Crippen LogP contribution in [-0.2, 0) is 0 Å². The normalized spacial score (nSPS) is 9.00. The standard InChI is InChI=1S/C16H16N2O2/c1-4-19-16-8-13(7-14(9-17)10-18)5-6-15(16)20-11-12(2)3/h5-8H,2,4,11H2,1,3H3. The lowest BCUT2D eigenvalue weighted by Gasteiger charge is -2.12. The first-order chi connectivity index (χ1) is 9.60. The van der Waals surface area contributed by atoms with Gasteiger partial charge in [-0.1, -0.05) is 12.6 Å². The van der Waals surface area contributed by atoms with Gasteiger partial charge in [0.2, 0.25) is 0 Å². The van der Waals surface area contributed by atoms with Crippen molar-refractivity contribution in [1.82, 2.24) is 0 Å². The smallest absolute Gasteiger partial charge is 0.161 e. The van der Waals surface area contributed by atoms with Gasteiger partial charge in [-0.2, -0.15) is 10.5 Å². The number of nitriles is 2. The molecule has 4 heteroatoms. The molecule has 0 saturated heterocycles. The third-order valence-electron chi connectivity index (χ3n) is 2.29. The maximum atomic E-state index is 8.75. The Morgan fingerprint density at radius 2 is 1.95 bits per heavy atom. The molecule has 0 heterocycles. The van der Waals surface area contributed by atoms with E-state index in [4.69, 9.17) is 20.0 Å². The zero-order valence-corrected chi connectivity index (χ0v) is 11.6. The maximum Gasteiger partial charge on any atom is 0.161 e. The molecule has 0 N–H and O–H groups in total. The highest BCUT2D eigenvalue weighted by Crippen LogP contribution is 2.29.